The van der Waals surface area contributed by atoms with E-state index in [1.165, 1.54) is 21.6 Å². The molecule has 0 aromatic heterocycles. The van der Waals surface area contributed by atoms with Gasteiger partial charge in [0.15, 0.2) is 11.0 Å². The van der Waals surface area contributed by atoms with Crippen molar-refractivity contribution in [3.63, 3.8) is 0 Å². The molecule has 2 amide bonds. The normalized spacial score (nSPS) is 21.6. The zero-order valence-electron chi connectivity index (χ0n) is 16.5. The fourth-order valence-corrected chi connectivity index (χ4v) is 3.80. The van der Waals surface area contributed by atoms with E-state index in [1.54, 1.807) is 0 Å². The summed E-state index contributed by atoms with van der Waals surface area (Å²) in [4.78, 5) is 32.5. The van der Waals surface area contributed by atoms with Crippen molar-refractivity contribution in [2.24, 2.45) is 10.9 Å². The lowest BCUT2D eigenvalue weighted by Gasteiger charge is -2.31. The van der Waals surface area contributed by atoms with E-state index in [4.69, 9.17) is 12.2 Å². The summed E-state index contributed by atoms with van der Waals surface area (Å²) < 4.78 is 0. The van der Waals surface area contributed by atoms with Gasteiger partial charge in [0.2, 0.25) is 5.91 Å². The highest BCUT2D eigenvalue weighted by Crippen LogP contribution is 2.23. The molecule has 2 aliphatic heterocycles. The highest BCUT2D eigenvalue weighted by atomic mass is 32.1. The molecule has 2 heterocycles. The second-order valence-electron chi connectivity index (χ2n) is 7.61. The van der Waals surface area contributed by atoms with Crippen LogP contribution in [0.15, 0.2) is 29.3 Å². The van der Waals surface area contributed by atoms with Gasteiger partial charge in [0.1, 0.15) is 26.2 Å². The quantitative estimate of drug-likeness (QED) is 0.314. The average molecular weight is 404 g/mol. The maximum absolute atomic E-state index is 12.9. The van der Waals surface area contributed by atoms with Gasteiger partial charge in [-0.25, -0.2) is 0 Å². The zero-order chi connectivity index (χ0) is 20.1. The number of hydrogen-bond acceptors (Lipinski definition) is 4. The molecule has 28 heavy (non-hydrogen) atoms. The molecule has 1 atom stereocenters. The highest BCUT2D eigenvalue weighted by Gasteiger charge is 2.38. The van der Waals surface area contributed by atoms with Crippen LogP contribution < -0.4 is 20.4 Å². The number of carbonyl (C=O) groups is 2. The molecular weight excluding hydrogens is 374 g/mol. The topological polar surface area (TPSA) is 82.8 Å². The standard InChI is InChI=1S/C20H27N5O2S/c1-14(2)15-3-5-16(6-4-15)25-19(27)17(18(26)23-20(25)28)13-22-9-12-24-10-7-21-8-11-24/h3-6,13-14,17,21H,7-12H2,1-2H3,(H,23,26,28)/p+2/t17-/m1/s1. The van der Waals surface area contributed by atoms with Crippen molar-refractivity contribution in [1.82, 2.24) is 5.32 Å². The number of piperazine rings is 1. The number of benzene rings is 1. The number of nitrogens with one attached hydrogen (secondary N) is 2. The molecule has 0 saturated carbocycles. The van der Waals surface area contributed by atoms with Crippen molar-refractivity contribution < 1.29 is 19.8 Å². The first-order chi connectivity index (χ1) is 13.5. The first-order valence-corrected chi connectivity index (χ1v) is 10.3. The molecule has 1 aromatic carbocycles. The van der Waals surface area contributed by atoms with E-state index in [-0.39, 0.29) is 11.0 Å². The van der Waals surface area contributed by atoms with E-state index in [2.05, 4.69) is 29.5 Å². The van der Waals surface area contributed by atoms with Gasteiger partial charge in [-0.05, 0) is 35.8 Å². The van der Waals surface area contributed by atoms with E-state index < -0.39 is 11.8 Å². The molecular formula is C20H29N5O2S+2. The summed E-state index contributed by atoms with van der Waals surface area (Å²) in [6.45, 7) is 10.3. The van der Waals surface area contributed by atoms with E-state index in [9.17, 15) is 9.59 Å². The number of aliphatic imine (C=N–C) groups is 1. The molecule has 2 fully saturated rings. The third kappa shape index (κ3) is 4.81. The number of anilines is 1. The van der Waals surface area contributed by atoms with E-state index in [0.29, 0.717) is 18.2 Å². The number of amides is 2. The van der Waals surface area contributed by atoms with Gasteiger partial charge in [-0.2, -0.15) is 0 Å². The maximum atomic E-state index is 12.9. The van der Waals surface area contributed by atoms with Crippen LogP contribution in [0.25, 0.3) is 0 Å². The number of carbonyl (C=O) groups excluding carboxylic acids is 2. The van der Waals surface area contributed by atoms with Gasteiger partial charge >= 0.3 is 0 Å². The summed E-state index contributed by atoms with van der Waals surface area (Å²) in [6.07, 6.45) is 1.48. The minimum absolute atomic E-state index is 0.117. The summed E-state index contributed by atoms with van der Waals surface area (Å²) >= 11 is 5.24. The van der Waals surface area contributed by atoms with Crippen LogP contribution in [0, 0.1) is 5.92 Å². The Hall–Kier alpha value is -2.16. The number of nitrogens with zero attached hydrogens (tertiary/aromatic N) is 2. The Morgan fingerprint density at radius 2 is 1.96 bits per heavy atom. The highest BCUT2D eigenvalue weighted by molar-refractivity contribution is 7.80. The molecule has 7 nitrogen and oxygen atoms in total. The lowest BCUT2D eigenvalue weighted by molar-refractivity contribution is -0.945. The lowest BCUT2D eigenvalue weighted by Crippen LogP contribution is -3.20. The predicted molar refractivity (Wildman–Crippen MR) is 113 cm³/mol. The summed E-state index contributed by atoms with van der Waals surface area (Å²) in [5.41, 5.74) is 1.84. The van der Waals surface area contributed by atoms with Gasteiger partial charge in [0.05, 0.1) is 18.8 Å². The van der Waals surface area contributed by atoms with Crippen molar-refractivity contribution in [2.75, 3.05) is 44.2 Å². The Bertz CT molecular complexity index is 756. The molecule has 2 aliphatic rings. The van der Waals surface area contributed by atoms with Gasteiger partial charge in [0, 0.05) is 6.21 Å². The van der Waals surface area contributed by atoms with Gasteiger partial charge in [-0.3, -0.25) is 19.5 Å². The Morgan fingerprint density at radius 1 is 1.29 bits per heavy atom. The molecule has 0 aliphatic carbocycles. The number of rotatable bonds is 6. The predicted octanol–water partition coefficient (Wildman–Crippen LogP) is -1.29. The van der Waals surface area contributed by atoms with Crippen LogP contribution in [0.5, 0.6) is 0 Å². The Balaban J connectivity index is 1.66. The lowest BCUT2D eigenvalue weighted by atomic mass is 10.0. The van der Waals surface area contributed by atoms with Crippen molar-refractivity contribution >= 4 is 41.0 Å². The monoisotopic (exact) mass is 403 g/mol. The third-order valence-corrected chi connectivity index (χ3v) is 5.56. The van der Waals surface area contributed by atoms with Gasteiger partial charge in [-0.1, -0.05) is 26.0 Å². The van der Waals surface area contributed by atoms with Gasteiger partial charge in [-0.15, -0.1) is 0 Å². The van der Waals surface area contributed by atoms with Crippen LogP contribution in [-0.2, 0) is 9.59 Å². The largest absolute Gasteiger partial charge is 0.337 e. The van der Waals surface area contributed by atoms with Gasteiger partial charge in [0.25, 0.3) is 5.91 Å². The van der Waals surface area contributed by atoms with Crippen molar-refractivity contribution in [1.29, 1.82) is 0 Å². The summed E-state index contributed by atoms with van der Waals surface area (Å²) in [6, 6.07) is 7.69. The first kappa shape index (κ1) is 20.6. The Morgan fingerprint density at radius 3 is 2.61 bits per heavy atom. The van der Waals surface area contributed by atoms with Crippen molar-refractivity contribution in [3.05, 3.63) is 29.8 Å². The minimum Gasteiger partial charge on any atom is -0.337 e. The van der Waals surface area contributed by atoms with E-state index >= 15 is 0 Å². The number of hydrogen-bond donors (Lipinski definition) is 3. The van der Waals surface area contributed by atoms with Crippen LogP contribution in [0.1, 0.15) is 25.3 Å². The van der Waals surface area contributed by atoms with Crippen LogP contribution >= 0.6 is 12.2 Å². The van der Waals surface area contributed by atoms with Crippen molar-refractivity contribution in [2.45, 2.75) is 19.8 Å². The van der Waals surface area contributed by atoms with Crippen LogP contribution in [0.2, 0.25) is 0 Å². The molecule has 8 heteroatoms. The molecule has 3 rings (SSSR count). The summed E-state index contributed by atoms with van der Waals surface area (Å²) in [5, 5.41) is 5.07. The second-order valence-corrected chi connectivity index (χ2v) is 8.00. The van der Waals surface area contributed by atoms with E-state index in [1.807, 2.05) is 24.3 Å². The molecule has 0 radical (unpaired) electrons. The second kappa shape index (κ2) is 9.36. The van der Waals surface area contributed by atoms with E-state index in [0.717, 1.165) is 32.7 Å². The molecule has 150 valence electrons. The van der Waals surface area contributed by atoms with Crippen LogP contribution in [0.4, 0.5) is 5.69 Å². The smallest absolute Gasteiger partial charge is 0.251 e. The summed E-state index contributed by atoms with van der Waals surface area (Å²) in [5.74, 6) is -1.30. The fourth-order valence-electron chi connectivity index (χ4n) is 3.51. The SMILES string of the molecule is CC(C)c1ccc(N2C(=O)[C@H](C=NCC[NH+]3CC[NH2+]CC3)C(=O)NC2=S)cc1. The maximum Gasteiger partial charge on any atom is 0.251 e. The van der Waals surface area contributed by atoms with Gasteiger partial charge < -0.3 is 15.5 Å². The first-order valence-electron chi connectivity index (χ1n) is 9.91. The number of thiocarbonyl (C=S) groups is 1. The Labute approximate surface area is 171 Å². The molecule has 0 unspecified atom stereocenters. The molecule has 4 N–H and O–H groups in total. The molecule has 0 bridgehead atoms. The fraction of sp³-hybridized carbons (Fsp3) is 0.500. The van der Waals surface area contributed by atoms with Crippen LogP contribution in [0.3, 0.4) is 0 Å². The number of nitrogens with two attached hydrogens (primary N) is 1. The third-order valence-electron chi connectivity index (χ3n) is 5.27. The molecule has 0 spiro atoms. The minimum atomic E-state index is -0.943. The summed E-state index contributed by atoms with van der Waals surface area (Å²) in [7, 11) is 0. The van der Waals surface area contributed by atoms with Crippen LogP contribution in [-0.4, -0.2) is 62.4 Å². The average Bonchev–Trinajstić information content (AvgIpc) is 2.68. The van der Waals surface area contributed by atoms with Crippen molar-refractivity contribution in [3.8, 4) is 0 Å². The Kier molecular flexibility index (Phi) is 6.88. The molecule has 1 aromatic rings. The molecule has 2 saturated heterocycles. The number of quaternary nitrogens is 2. The zero-order valence-corrected chi connectivity index (χ0v) is 17.3.